The van der Waals surface area contributed by atoms with Gasteiger partial charge in [0.25, 0.3) is 5.91 Å². The first-order chi connectivity index (χ1) is 10.1. The summed E-state index contributed by atoms with van der Waals surface area (Å²) in [5, 5.41) is 1.10. The van der Waals surface area contributed by atoms with E-state index in [9.17, 15) is 4.79 Å². The molecule has 3 aromatic rings. The van der Waals surface area contributed by atoms with Crippen molar-refractivity contribution < 1.29 is 4.79 Å². The van der Waals surface area contributed by atoms with Crippen LogP contribution in [0.25, 0.3) is 10.9 Å². The van der Waals surface area contributed by atoms with Crippen molar-refractivity contribution in [2.75, 3.05) is 4.90 Å². The maximum absolute atomic E-state index is 12.6. The van der Waals surface area contributed by atoms with E-state index in [1.54, 1.807) is 4.90 Å². The minimum absolute atomic E-state index is 0.0384. The fourth-order valence-electron chi connectivity index (χ4n) is 2.90. The van der Waals surface area contributed by atoms with Crippen LogP contribution in [0.2, 0.25) is 0 Å². The van der Waals surface area contributed by atoms with Crippen LogP contribution in [0.15, 0.2) is 42.7 Å². The Morgan fingerprint density at radius 1 is 1.19 bits per heavy atom. The third-order valence-corrected chi connectivity index (χ3v) is 4.10. The van der Waals surface area contributed by atoms with Gasteiger partial charge >= 0.3 is 0 Å². The minimum atomic E-state index is 0.0384. The summed E-state index contributed by atoms with van der Waals surface area (Å²) >= 11 is 0. The Kier molecular flexibility index (Phi) is 2.42. The normalized spacial score (nSPS) is 14.0. The first-order valence-electron chi connectivity index (χ1n) is 6.96. The third-order valence-electron chi connectivity index (χ3n) is 4.10. The van der Waals surface area contributed by atoms with Gasteiger partial charge in [-0.2, -0.15) is 0 Å². The second-order valence-electron chi connectivity index (χ2n) is 5.58. The first-order valence-corrected chi connectivity index (χ1v) is 6.96. The quantitative estimate of drug-likeness (QED) is 0.685. The second-order valence-corrected chi connectivity index (χ2v) is 5.58. The van der Waals surface area contributed by atoms with Gasteiger partial charge in [-0.25, -0.2) is 4.98 Å². The molecule has 0 N–H and O–H groups in total. The Morgan fingerprint density at radius 3 is 2.90 bits per heavy atom. The largest absolute Gasteiger partial charge is 0.349 e. The van der Waals surface area contributed by atoms with Crippen LogP contribution in [0.3, 0.4) is 0 Å². The third kappa shape index (κ3) is 1.76. The van der Waals surface area contributed by atoms with E-state index in [0.29, 0.717) is 12.4 Å². The summed E-state index contributed by atoms with van der Waals surface area (Å²) in [4.78, 5) is 18.8. The van der Waals surface area contributed by atoms with Crippen molar-refractivity contribution in [3.63, 3.8) is 0 Å². The van der Waals surface area contributed by atoms with Crippen molar-refractivity contribution in [2.45, 2.75) is 13.5 Å². The first kappa shape index (κ1) is 12.1. The van der Waals surface area contributed by atoms with Crippen molar-refractivity contribution in [2.24, 2.45) is 7.05 Å². The molecular weight excluding hydrogens is 262 g/mol. The molecule has 0 fully saturated rings. The van der Waals surface area contributed by atoms with Gasteiger partial charge in [0.1, 0.15) is 5.82 Å². The van der Waals surface area contributed by atoms with E-state index in [1.165, 1.54) is 0 Å². The maximum Gasteiger partial charge on any atom is 0.260 e. The lowest BCUT2D eigenvalue weighted by molar-refractivity contribution is 0.0996. The predicted octanol–water partition coefficient (Wildman–Crippen LogP) is 3.04. The Labute approximate surface area is 122 Å². The van der Waals surface area contributed by atoms with Crippen LogP contribution in [0.5, 0.6) is 0 Å². The number of anilines is 1. The van der Waals surface area contributed by atoms with Gasteiger partial charge in [0, 0.05) is 24.2 Å². The summed E-state index contributed by atoms with van der Waals surface area (Å²) in [6, 6.07) is 10.1. The zero-order valence-corrected chi connectivity index (χ0v) is 12.0. The number of aromatic nitrogens is 2. The average molecular weight is 277 g/mol. The SMILES string of the molecule is Cc1ccc2c(c1)C(=O)N(c1cc3ccn(C)c3cn1)C2. The lowest BCUT2D eigenvalue weighted by Crippen LogP contribution is -2.23. The maximum atomic E-state index is 12.6. The molecule has 0 spiro atoms. The highest BCUT2D eigenvalue weighted by molar-refractivity contribution is 6.10. The van der Waals surface area contributed by atoms with Crippen LogP contribution >= 0.6 is 0 Å². The van der Waals surface area contributed by atoms with Gasteiger partial charge in [0.05, 0.1) is 18.3 Å². The molecular formula is C17H15N3O. The lowest BCUT2D eigenvalue weighted by atomic mass is 10.1. The van der Waals surface area contributed by atoms with Crippen LogP contribution in [-0.2, 0) is 13.6 Å². The molecule has 2 aromatic heterocycles. The van der Waals surface area contributed by atoms with E-state index < -0.39 is 0 Å². The molecule has 3 heterocycles. The van der Waals surface area contributed by atoms with Crippen LogP contribution in [0.4, 0.5) is 5.82 Å². The number of benzene rings is 1. The molecule has 1 amide bonds. The molecule has 4 nitrogen and oxygen atoms in total. The summed E-state index contributed by atoms with van der Waals surface area (Å²) in [5.74, 6) is 0.754. The Bertz CT molecular complexity index is 879. The smallest absolute Gasteiger partial charge is 0.260 e. The summed E-state index contributed by atoms with van der Waals surface area (Å²) in [5.41, 5.74) is 4.04. The molecule has 0 unspecified atom stereocenters. The van der Waals surface area contributed by atoms with Gasteiger partial charge < -0.3 is 4.57 Å². The monoisotopic (exact) mass is 277 g/mol. The molecule has 104 valence electrons. The number of carbonyl (C=O) groups is 1. The molecule has 0 bridgehead atoms. The Hall–Kier alpha value is -2.62. The zero-order valence-electron chi connectivity index (χ0n) is 12.0. The number of hydrogen-bond donors (Lipinski definition) is 0. The highest BCUT2D eigenvalue weighted by atomic mass is 16.2. The summed E-state index contributed by atoms with van der Waals surface area (Å²) in [6.45, 7) is 2.60. The number of carbonyl (C=O) groups excluding carboxylic acids is 1. The van der Waals surface area contributed by atoms with Crippen LogP contribution in [0.1, 0.15) is 21.5 Å². The molecule has 4 rings (SSSR count). The van der Waals surface area contributed by atoms with Gasteiger partial charge in [-0.1, -0.05) is 17.7 Å². The van der Waals surface area contributed by atoms with Crippen molar-refractivity contribution in [1.82, 2.24) is 9.55 Å². The fraction of sp³-hybridized carbons (Fsp3) is 0.176. The van der Waals surface area contributed by atoms with Gasteiger partial charge in [-0.3, -0.25) is 9.69 Å². The van der Waals surface area contributed by atoms with Crippen molar-refractivity contribution >= 4 is 22.6 Å². The molecule has 1 aliphatic heterocycles. The number of nitrogens with zero attached hydrogens (tertiary/aromatic N) is 3. The van der Waals surface area contributed by atoms with Gasteiger partial charge in [0.15, 0.2) is 0 Å². The predicted molar refractivity (Wildman–Crippen MR) is 82.4 cm³/mol. The molecule has 0 saturated carbocycles. The summed E-state index contributed by atoms with van der Waals surface area (Å²) < 4.78 is 2.02. The second kappa shape index (κ2) is 4.19. The van der Waals surface area contributed by atoms with E-state index in [0.717, 1.165) is 27.6 Å². The van der Waals surface area contributed by atoms with Crippen LogP contribution in [-0.4, -0.2) is 15.5 Å². The Morgan fingerprint density at radius 2 is 2.05 bits per heavy atom. The van der Waals surface area contributed by atoms with Crippen molar-refractivity contribution in [3.8, 4) is 0 Å². The van der Waals surface area contributed by atoms with E-state index >= 15 is 0 Å². The summed E-state index contributed by atoms with van der Waals surface area (Å²) in [6.07, 6.45) is 3.83. The highest BCUT2D eigenvalue weighted by Crippen LogP contribution is 2.29. The van der Waals surface area contributed by atoms with Gasteiger partial charge in [0.2, 0.25) is 0 Å². The topological polar surface area (TPSA) is 38.1 Å². The number of fused-ring (bicyclic) bond motifs is 2. The number of aryl methyl sites for hydroxylation is 2. The highest BCUT2D eigenvalue weighted by Gasteiger charge is 2.29. The van der Waals surface area contributed by atoms with Crippen molar-refractivity contribution in [1.29, 1.82) is 0 Å². The van der Waals surface area contributed by atoms with E-state index in [4.69, 9.17) is 0 Å². The molecule has 1 aliphatic rings. The summed E-state index contributed by atoms with van der Waals surface area (Å²) in [7, 11) is 1.99. The molecule has 0 radical (unpaired) electrons. The van der Waals surface area contributed by atoms with Crippen molar-refractivity contribution in [3.05, 3.63) is 59.4 Å². The molecule has 0 atom stereocenters. The average Bonchev–Trinajstić information content (AvgIpc) is 3.01. The van der Waals surface area contributed by atoms with E-state index in [-0.39, 0.29) is 5.91 Å². The number of amides is 1. The molecule has 4 heteroatoms. The van der Waals surface area contributed by atoms with Crippen LogP contribution < -0.4 is 4.90 Å². The van der Waals surface area contributed by atoms with Crippen LogP contribution in [0, 0.1) is 6.92 Å². The molecule has 0 saturated heterocycles. The molecule has 21 heavy (non-hydrogen) atoms. The lowest BCUT2D eigenvalue weighted by Gasteiger charge is -2.14. The number of pyridine rings is 1. The van der Waals surface area contributed by atoms with E-state index in [1.807, 2.05) is 61.3 Å². The van der Waals surface area contributed by atoms with Gasteiger partial charge in [-0.15, -0.1) is 0 Å². The number of hydrogen-bond acceptors (Lipinski definition) is 2. The molecule has 0 aliphatic carbocycles. The standard InChI is InChI=1S/C17H15N3O/c1-11-3-4-13-10-20(17(21)14(13)7-11)16-8-12-5-6-19(2)15(12)9-18-16/h3-9H,10H2,1-2H3. The minimum Gasteiger partial charge on any atom is -0.349 e. The zero-order chi connectivity index (χ0) is 14.6. The number of rotatable bonds is 1. The fourth-order valence-corrected chi connectivity index (χ4v) is 2.90. The molecule has 1 aromatic carbocycles. The van der Waals surface area contributed by atoms with Gasteiger partial charge in [-0.05, 0) is 30.7 Å². The Balaban J connectivity index is 1.78. The van der Waals surface area contributed by atoms with E-state index in [2.05, 4.69) is 4.98 Å².